The minimum absolute atomic E-state index is 0.0174. The molecule has 2 nitrogen and oxygen atoms in total. The molecule has 0 aromatic heterocycles. The second kappa shape index (κ2) is 7.49. The van der Waals surface area contributed by atoms with Crippen LogP contribution in [-0.4, -0.2) is 6.10 Å². The standard InChI is InChI=1S/C18H27NO/c1-14(2)20-17-12-8-11-16(13-17)18(19)15-9-6-4-3-5-7-10-15/h8-9,11-14,18H,3-7,10,19H2,1-2H3/b15-9+. The lowest BCUT2D eigenvalue weighted by Crippen LogP contribution is -2.14. The molecular formula is C18H27NO. The van der Waals surface area contributed by atoms with Gasteiger partial charge in [0.25, 0.3) is 0 Å². The topological polar surface area (TPSA) is 35.2 Å². The van der Waals surface area contributed by atoms with Gasteiger partial charge in [-0.3, -0.25) is 0 Å². The van der Waals surface area contributed by atoms with Crippen molar-refractivity contribution in [2.24, 2.45) is 5.73 Å². The number of benzene rings is 1. The van der Waals surface area contributed by atoms with Gasteiger partial charge in [0.15, 0.2) is 0 Å². The van der Waals surface area contributed by atoms with E-state index in [9.17, 15) is 0 Å². The molecule has 0 heterocycles. The summed E-state index contributed by atoms with van der Waals surface area (Å²) in [5.41, 5.74) is 9.02. The van der Waals surface area contributed by atoms with Gasteiger partial charge in [-0.25, -0.2) is 0 Å². The Kier molecular flexibility index (Phi) is 5.66. The van der Waals surface area contributed by atoms with Gasteiger partial charge in [0, 0.05) is 0 Å². The Morgan fingerprint density at radius 2 is 1.90 bits per heavy atom. The summed E-state index contributed by atoms with van der Waals surface area (Å²) in [6, 6.07) is 8.25. The summed E-state index contributed by atoms with van der Waals surface area (Å²) in [6.07, 6.45) is 10.1. The highest BCUT2D eigenvalue weighted by Gasteiger charge is 2.13. The van der Waals surface area contributed by atoms with Crippen molar-refractivity contribution in [2.45, 2.75) is 64.5 Å². The van der Waals surface area contributed by atoms with Gasteiger partial charge in [0.05, 0.1) is 12.1 Å². The first kappa shape index (κ1) is 15.1. The molecule has 1 aromatic rings. The summed E-state index contributed by atoms with van der Waals surface area (Å²) in [5.74, 6) is 0.916. The van der Waals surface area contributed by atoms with Crippen LogP contribution < -0.4 is 10.5 Å². The maximum atomic E-state index is 6.47. The summed E-state index contributed by atoms with van der Waals surface area (Å²) in [5, 5.41) is 0. The van der Waals surface area contributed by atoms with E-state index in [0.29, 0.717) is 0 Å². The van der Waals surface area contributed by atoms with Crippen molar-refractivity contribution in [1.29, 1.82) is 0 Å². The van der Waals surface area contributed by atoms with Crippen LogP contribution >= 0.6 is 0 Å². The predicted octanol–water partition coefficient (Wildman–Crippen LogP) is 4.75. The van der Waals surface area contributed by atoms with Gasteiger partial charge in [-0.2, -0.15) is 0 Å². The molecule has 0 saturated heterocycles. The summed E-state index contributed by atoms with van der Waals surface area (Å²) in [4.78, 5) is 0. The summed E-state index contributed by atoms with van der Waals surface area (Å²) >= 11 is 0. The zero-order chi connectivity index (χ0) is 14.4. The van der Waals surface area contributed by atoms with Crippen molar-refractivity contribution in [3.8, 4) is 5.75 Å². The Labute approximate surface area is 123 Å². The molecule has 1 aromatic carbocycles. The van der Waals surface area contributed by atoms with Crippen molar-refractivity contribution < 1.29 is 4.74 Å². The van der Waals surface area contributed by atoms with Gasteiger partial charge < -0.3 is 10.5 Å². The number of allylic oxidation sites excluding steroid dienone is 1. The third kappa shape index (κ3) is 4.38. The lowest BCUT2D eigenvalue weighted by Gasteiger charge is -2.20. The van der Waals surface area contributed by atoms with E-state index in [4.69, 9.17) is 10.5 Å². The van der Waals surface area contributed by atoms with Gasteiger partial charge in [0.2, 0.25) is 0 Å². The van der Waals surface area contributed by atoms with Crippen LogP contribution in [0.25, 0.3) is 0 Å². The molecule has 20 heavy (non-hydrogen) atoms. The number of ether oxygens (including phenoxy) is 1. The first-order valence-corrected chi connectivity index (χ1v) is 7.88. The van der Waals surface area contributed by atoms with Gasteiger partial charge in [-0.05, 0) is 57.2 Å². The molecule has 1 aliphatic carbocycles. The summed E-state index contributed by atoms with van der Waals surface area (Å²) < 4.78 is 5.76. The van der Waals surface area contributed by atoms with Crippen molar-refractivity contribution in [1.82, 2.24) is 0 Å². The van der Waals surface area contributed by atoms with Gasteiger partial charge >= 0.3 is 0 Å². The van der Waals surface area contributed by atoms with Crippen LogP contribution in [0, 0.1) is 0 Å². The van der Waals surface area contributed by atoms with Crippen LogP contribution in [0.5, 0.6) is 5.75 Å². The third-order valence-corrected chi connectivity index (χ3v) is 3.81. The molecule has 1 aliphatic rings. The molecule has 0 aliphatic heterocycles. The van der Waals surface area contributed by atoms with E-state index in [1.165, 1.54) is 37.7 Å². The van der Waals surface area contributed by atoms with E-state index >= 15 is 0 Å². The second-order valence-electron chi connectivity index (χ2n) is 5.95. The molecule has 0 radical (unpaired) electrons. The molecule has 110 valence electrons. The van der Waals surface area contributed by atoms with Crippen molar-refractivity contribution >= 4 is 0 Å². The SMILES string of the molecule is CC(C)Oc1cccc(C(N)/C2=C/CCCCCC2)c1. The maximum absolute atomic E-state index is 6.47. The smallest absolute Gasteiger partial charge is 0.120 e. The van der Waals surface area contributed by atoms with E-state index < -0.39 is 0 Å². The van der Waals surface area contributed by atoms with Crippen LogP contribution in [0.1, 0.15) is 64.0 Å². The van der Waals surface area contributed by atoms with Crippen LogP contribution in [-0.2, 0) is 0 Å². The first-order valence-electron chi connectivity index (χ1n) is 7.88. The highest BCUT2D eigenvalue weighted by molar-refractivity contribution is 5.34. The van der Waals surface area contributed by atoms with E-state index in [2.05, 4.69) is 18.2 Å². The first-order chi connectivity index (χ1) is 9.66. The molecule has 2 N–H and O–H groups in total. The van der Waals surface area contributed by atoms with Crippen LogP contribution in [0.2, 0.25) is 0 Å². The number of nitrogens with two attached hydrogens (primary N) is 1. The van der Waals surface area contributed by atoms with E-state index in [1.807, 2.05) is 26.0 Å². The fraction of sp³-hybridized carbons (Fsp3) is 0.556. The fourth-order valence-corrected chi connectivity index (χ4v) is 2.77. The minimum Gasteiger partial charge on any atom is -0.491 e. The average Bonchev–Trinajstić information content (AvgIpc) is 2.37. The predicted molar refractivity (Wildman–Crippen MR) is 84.9 cm³/mol. The number of hydrogen-bond acceptors (Lipinski definition) is 2. The largest absolute Gasteiger partial charge is 0.491 e. The number of hydrogen-bond donors (Lipinski definition) is 1. The molecule has 1 unspecified atom stereocenters. The zero-order valence-electron chi connectivity index (χ0n) is 12.8. The highest BCUT2D eigenvalue weighted by Crippen LogP contribution is 2.28. The van der Waals surface area contributed by atoms with Gasteiger partial charge in [0.1, 0.15) is 5.75 Å². The second-order valence-corrected chi connectivity index (χ2v) is 5.95. The van der Waals surface area contributed by atoms with Crippen LogP contribution in [0.4, 0.5) is 0 Å². The molecule has 2 heteroatoms. The quantitative estimate of drug-likeness (QED) is 0.803. The molecule has 0 amide bonds. The third-order valence-electron chi connectivity index (χ3n) is 3.81. The van der Waals surface area contributed by atoms with Crippen molar-refractivity contribution in [3.05, 3.63) is 41.5 Å². The maximum Gasteiger partial charge on any atom is 0.120 e. The Hall–Kier alpha value is -1.28. The van der Waals surface area contributed by atoms with E-state index in [1.54, 1.807) is 0 Å². The van der Waals surface area contributed by atoms with Crippen LogP contribution in [0.3, 0.4) is 0 Å². The Morgan fingerprint density at radius 1 is 1.10 bits per heavy atom. The summed E-state index contributed by atoms with van der Waals surface area (Å²) in [6.45, 7) is 4.09. The molecule has 0 bridgehead atoms. The van der Waals surface area contributed by atoms with E-state index in [-0.39, 0.29) is 12.1 Å². The Morgan fingerprint density at radius 3 is 2.70 bits per heavy atom. The van der Waals surface area contributed by atoms with E-state index in [0.717, 1.165) is 17.7 Å². The molecule has 0 saturated carbocycles. The van der Waals surface area contributed by atoms with Gasteiger partial charge in [-0.1, -0.05) is 36.6 Å². The fourth-order valence-electron chi connectivity index (χ4n) is 2.77. The Balaban J connectivity index is 2.12. The lowest BCUT2D eigenvalue weighted by atomic mass is 9.91. The molecule has 0 spiro atoms. The minimum atomic E-state index is 0.0174. The highest BCUT2D eigenvalue weighted by atomic mass is 16.5. The number of rotatable bonds is 4. The zero-order valence-corrected chi connectivity index (χ0v) is 12.8. The monoisotopic (exact) mass is 273 g/mol. The molecular weight excluding hydrogens is 246 g/mol. The van der Waals surface area contributed by atoms with Crippen LogP contribution in [0.15, 0.2) is 35.9 Å². The van der Waals surface area contributed by atoms with Gasteiger partial charge in [-0.15, -0.1) is 0 Å². The molecule has 2 rings (SSSR count). The summed E-state index contributed by atoms with van der Waals surface area (Å²) in [7, 11) is 0. The normalized spacial score (nSPS) is 20.7. The Bertz CT molecular complexity index is 450. The van der Waals surface area contributed by atoms with Crippen molar-refractivity contribution in [3.63, 3.8) is 0 Å². The average molecular weight is 273 g/mol. The molecule has 0 fully saturated rings. The lowest BCUT2D eigenvalue weighted by molar-refractivity contribution is 0.242. The van der Waals surface area contributed by atoms with Crippen molar-refractivity contribution in [2.75, 3.05) is 0 Å². The molecule has 1 atom stereocenters.